The molecule has 0 rings (SSSR count). The average Bonchev–Trinajstić information content (AvgIpc) is 2.48. The molecular weight excluding hydrogens is 290 g/mol. The van der Waals surface area contributed by atoms with Crippen molar-refractivity contribution in [2.75, 3.05) is 33.7 Å². The zero-order chi connectivity index (χ0) is 17.0. The maximum Gasteiger partial charge on any atom is 0.303 e. The molecule has 0 aliphatic rings. The van der Waals surface area contributed by atoms with Crippen LogP contribution in [0.4, 0.5) is 0 Å². The van der Waals surface area contributed by atoms with Crippen LogP contribution < -0.4 is 27.0 Å². The van der Waals surface area contributed by atoms with Crippen LogP contribution in [0.15, 0.2) is 0 Å². The van der Waals surface area contributed by atoms with Gasteiger partial charge in [0.15, 0.2) is 0 Å². The van der Waals surface area contributed by atoms with Crippen molar-refractivity contribution in [3.05, 3.63) is 0 Å². The van der Waals surface area contributed by atoms with Crippen LogP contribution in [0, 0.1) is 0 Å². The van der Waals surface area contributed by atoms with Gasteiger partial charge in [0.05, 0.1) is 12.1 Å². The second-order valence-electron chi connectivity index (χ2n) is 4.79. The third-order valence-corrected chi connectivity index (χ3v) is 3.16. The molecule has 2 amide bonds. The molecule has 128 valence electrons. The predicted octanol–water partition coefficient (Wildman–Crippen LogP) is -2.39. The van der Waals surface area contributed by atoms with Crippen LogP contribution in [0.1, 0.15) is 19.3 Å². The van der Waals surface area contributed by atoms with Gasteiger partial charge in [0.25, 0.3) is 0 Å². The molecule has 0 aromatic heterocycles. The van der Waals surface area contributed by atoms with Gasteiger partial charge in [-0.05, 0) is 26.9 Å². The smallest absolute Gasteiger partial charge is 0.303 e. The molecule has 0 heterocycles. The summed E-state index contributed by atoms with van der Waals surface area (Å²) in [6.45, 7) is 1.04. The molecule has 9 heteroatoms. The second-order valence-corrected chi connectivity index (χ2v) is 4.79. The summed E-state index contributed by atoms with van der Waals surface area (Å²) in [6.07, 6.45) is 0.738. The highest BCUT2D eigenvalue weighted by atomic mass is 16.4. The third kappa shape index (κ3) is 8.55. The SMILES string of the molecule is CNC(CN)C(=O)NCCCNC(=O)C(CCC(=O)O)NC. The number of hydrogen-bond donors (Lipinski definition) is 6. The van der Waals surface area contributed by atoms with Crippen molar-refractivity contribution in [3.63, 3.8) is 0 Å². The Labute approximate surface area is 130 Å². The Kier molecular flexibility index (Phi) is 11.0. The van der Waals surface area contributed by atoms with E-state index in [2.05, 4.69) is 21.3 Å². The Morgan fingerprint density at radius 1 is 1.00 bits per heavy atom. The molecule has 2 atom stereocenters. The Bertz CT molecular complexity index is 360. The minimum absolute atomic E-state index is 0.0700. The first kappa shape index (κ1) is 20.3. The van der Waals surface area contributed by atoms with Gasteiger partial charge >= 0.3 is 5.97 Å². The summed E-state index contributed by atoms with van der Waals surface area (Å²) in [5.41, 5.74) is 5.42. The van der Waals surface area contributed by atoms with Crippen LogP contribution in [-0.4, -0.2) is 68.7 Å². The third-order valence-electron chi connectivity index (χ3n) is 3.16. The van der Waals surface area contributed by atoms with Crippen molar-refractivity contribution in [1.82, 2.24) is 21.3 Å². The van der Waals surface area contributed by atoms with E-state index in [0.29, 0.717) is 19.5 Å². The minimum atomic E-state index is -0.935. The molecule has 0 fully saturated rings. The zero-order valence-electron chi connectivity index (χ0n) is 13.1. The highest BCUT2D eigenvalue weighted by molar-refractivity contribution is 5.82. The highest BCUT2D eigenvalue weighted by Crippen LogP contribution is 1.97. The molecule has 0 aromatic carbocycles. The molecule has 0 saturated carbocycles. The summed E-state index contributed by atoms with van der Waals surface area (Å²) in [6, 6.07) is -0.948. The summed E-state index contributed by atoms with van der Waals surface area (Å²) < 4.78 is 0. The number of amides is 2. The van der Waals surface area contributed by atoms with Crippen LogP contribution in [-0.2, 0) is 14.4 Å². The molecule has 0 aliphatic carbocycles. The first-order valence-electron chi connectivity index (χ1n) is 7.28. The van der Waals surface area contributed by atoms with Crippen LogP contribution in [0.25, 0.3) is 0 Å². The fourth-order valence-electron chi connectivity index (χ4n) is 1.79. The molecule has 22 heavy (non-hydrogen) atoms. The standard InChI is InChI=1S/C13H27N5O4/c1-15-9(4-5-11(19)20)12(21)17-6-3-7-18-13(22)10(8-14)16-2/h9-10,15-16H,3-8,14H2,1-2H3,(H,17,21)(H,18,22)(H,19,20). The summed E-state index contributed by atoms with van der Waals surface area (Å²) in [7, 11) is 3.27. The molecular formula is C13H27N5O4. The summed E-state index contributed by atoms with van der Waals surface area (Å²) in [5, 5.41) is 19.6. The van der Waals surface area contributed by atoms with E-state index < -0.39 is 18.1 Å². The number of aliphatic carboxylic acids is 1. The van der Waals surface area contributed by atoms with E-state index in [1.165, 1.54) is 0 Å². The normalized spacial score (nSPS) is 13.2. The van der Waals surface area contributed by atoms with Gasteiger partial charge in [-0.2, -0.15) is 0 Å². The van der Waals surface area contributed by atoms with Gasteiger partial charge < -0.3 is 32.1 Å². The van der Waals surface area contributed by atoms with Crippen molar-refractivity contribution in [1.29, 1.82) is 0 Å². The molecule has 0 saturated heterocycles. The van der Waals surface area contributed by atoms with E-state index >= 15 is 0 Å². The topological polar surface area (TPSA) is 146 Å². The predicted molar refractivity (Wildman–Crippen MR) is 82.3 cm³/mol. The molecule has 0 aromatic rings. The summed E-state index contributed by atoms with van der Waals surface area (Å²) >= 11 is 0. The first-order chi connectivity index (χ1) is 10.5. The van der Waals surface area contributed by atoms with E-state index in [1.807, 2.05) is 0 Å². The number of carboxylic acids is 1. The van der Waals surface area contributed by atoms with Crippen molar-refractivity contribution < 1.29 is 19.5 Å². The van der Waals surface area contributed by atoms with Crippen molar-refractivity contribution in [2.24, 2.45) is 5.73 Å². The molecule has 9 nitrogen and oxygen atoms in total. The number of nitrogens with one attached hydrogen (secondary N) is 4. The van der Waals surface area contributed by atoms with Gasteiger partial charge in [0, 0.05) is 26.1 Å². The number of carbonyl (C=O) groups excluding carboxylic acids is 2. The zero-order valence-corrected chi connectivity index (χ0v) is 13.1. The lowest BCUT2D eigenvalue weighted by molar-refractivity contribution is -0.137. The van der Waals surface area contributed by atoms with Gasteiger partial charge in [-0.1, -0.05) is 0 Å². The summed E-state index contributed by atoms with van der Waals surface area (Å²) in [5.74, 6) is -1.36. The van der Waals surface area contributed by atoms with Gasteiger partial charge in [-0.25, -0.2) is 0 Å². The minimum Gasteiger partial charge on any atom is -0.481 e. The van der Waals surface area contributed by atoms with E-state index in [1.54, 1.807) is 14.1 Å². The molecule has 7 N–H and O–H groups in total. The monoisotopic (exact) mass is 317 g/mol. The molecule has 2 unspecified atom stereocenters. The van der Waals surface area contributed by atoms with Crippen molar-refractivity contribution in [3.8, 4) is 0 Å². The maximum absolute atomic E-state index is 11.8. The average molecular weight is 317 g/mol. The second kappa shape index (κ2) is 11.9. The molecule has 0 spiro atoms. The lowest BCUT2D eigenvalue weighted by Crippen LogP contribution is -2.48. The van der Waals surface area contributed by atoms with Crippen LogP contribution in [0.2, 0.25) is 0 Å². The van der Waals surface area contributed by atoms with Gasteiger partial charge in [0.2, 0.25) is 11.8 Å². The number of carbonyl (C=O) groups is 3. The fraction of sp³-hybridized carbons (Fsp3) is 0.769. The summed E-state index contributed by atoms with van der Waals surface area (Å²) in [4.78, 5) is 33.9. The maximum atomic E-state index is 11.8. The number of rotatable bonds is 12. The molecule has 0 aliphatic heterocycles. The number of carboxylic acid groups (broad SMARTS) is 1. The van der Waals surface area contributed by atoms with Gasteiger partial charge in [-0.15, -0.1) is 0 Å². The van der Waals surface area contributed by atoms with Crippen LogP contribution >= 0.6 is 0 Å². The van der Waals surface area contributed by atoms with E-state index in [0.717, 1.165) is 0 Å². The van der Waals surface area contributed by atoms with E-state index in [9.17, 15) is 14.4 Å². The molecule has 0 bridgehead atoms. The lowest BCUT2D eigenvalue weighted by atomic mass is 10.1. The first-order valence-corrected chi connectivity index (χ1v) is 7.28. The Morgan fingerprint density at radius 3 is 1.91 bits per heavy atom. The van der Waals surface area contributed by atoms with Crippen LogP contribution in [0.3, 0.4) is 0 Å². The van der Waals surface area contributed by atoms with Crippen molar-refractivity contribution >= 4 is 17.8 Å². The lowest BCUT2D eigenvalue weighted by Gasteiger charge is -2.16. The molecule has 0 radical (unpaired) electrons. The van der Waals surface area contributed by atoms with Gasteiger partial charge in [-0.3, -0.25) is 14.4 Å². The van der Waals surface area contributed by atoms with Crippen molar-refractivity contribution in [2.45, 2.75) is 31.3 Å². The quantitative estimate of drug-likeness (QED) is 0.220. The number of likely N-dealkylation sites (N-methyl/N-ethyl adjacent to an activating group) is 2. The fourth-order valence-corrected chi connectivity index (χ4v) is 1.79. The van der Waals surface area contributed by atoms with Gasteiger partial charge in [0.1, 0.15) is 0 Å². The number of nitrogens with two attached hydrogens (primary N) is 1. The van der Waals surface area contributed by atoms with E-state index in [4.69, 9.17) is 10.8 Å². The van der Waals surface area contributed by atoms with Crippen LogP contribution in [0.5, 0.6) is 0 Å². The number of hydrogen-bond acceptors (Lipinski definition) is 6. The van der Waals surface area contributed by atoms with E-state index in [-0.39, 0.29) is 31.2 Å². The Hall–Kier alpha value is -1.71. The Balaban J connectivity index is 3.87. The Morgan fingerprint density at radius 2 is 1.50 bits per heavy atom. The highest BCUT2D eigenvalue weighted by Gasteiger charge is 2.17. The largest absolute Gasteiger partial charge is 0.481 e.